The molecule has 4 bridgehead atoms. The van der Waals surface area contributed by atoms with Crippen LogP contribution < -0.4 is 0 Å². The van der Waals surface area contributed by atoms with Crippen LogP contribution in [0.5, 0.6) is 0 Å². The van der Waals surface area contributed by atoms with Crippen LogP contribution in [0.1, 0.15) is 115 Å². The van der Waals surface area contributed by atoms with Crippen LogP contribution in [0.15, 0.2) is 218 Å². The van der Waals surface area contributed by atoms with Crippen LogP contribution in [0.25, 0.3) is 0 Å². The van der Waals surface area contributed by atoms with Crippen LogP contribution in [0.3, 0.4) is 0 Å². The number of carbonyl (C=O) groups is 4. The standard InChI is InChI=1S/C24H28ClNO3.C23H26ClNO2.C15H13ClO2.C9H10O2.C7H6BrCl.CH4/c1-26-20-10-11-21(26)14-22(13-20)29-23(28)24(16-27,18-7-3-2-4-8-18)15-17-6-5-9-19(25)12-17;1-25-18-11-12-19(25)15-20(14-18)27-23(26)21(16-7-3-2-4-8-16)13-17-9-5-6-10-22(17)24;16-14-9-5-4-8-12(14)10-13(15(17)18)11-6-2-1-3-7-11;1-11-9(10)7-8-5-3-2-4-6-8;8-5-6-3-1-2-4-7(6)9;/h2-9,12,20-22,27H,10-11,13-16H2,1H3;2-10,18-21H,11-15H2,1H3;1-9,13H,10H2,(H,17,18);2-6H,7H2,1H3;1-4H,5H2;1H4. The first kappa shape index (κ1) is 75.5. The van der Waals surface area contributed by atoms with Gasteiger partial charge in [0.25, 0.3) is 0 Å². The average Bonchev–Trinajstić information content (AvgIpc) is 1.61. The third kappa shape index (κ3) is 21.8. The highest BCUT2D eigenvalue weighted by atomic mass is 79.9. The van der Waals surface area contributed by atoms with E-state index in [1.165, 1.54) is 32.8 Å². The van der Waals surface area contributed by atoms with E-state index in [1.54, 1.807) is 12.1 Å². The predicted octanol–water partition coefficient (Wildman–Crippen LogP) is 17.8. The second kappa shape index (κ2) is 38.2. The molecule has 4 heterocycles. The second-order valence-corrected chi connectivity index (χ2v) is 26.6. The van der Waals surface area contributed by atoms with E-state index in [1.807, 2.05) is 206 Å². The number of aliphatic hydroxyl groups excluding tert-OH is 1. The van der Waals surface area contributed by atoms with Gasteiger partial charge in [0.15, 0.2) is 0 Å². The molecule has 0 amide bonds. The van der Waals surface area contributed by atoms with Crippen molar-refractivity contribution in [3.05, 3.63) is 283 Å². The molecule has 4 aliphatic rings. The van der Waals surface area contributed by atoms with Gasteiger partial charge in [-0.15, -0.1) is 0 Å². The van der Waals surface area contributed by atoms with Gasteiger partial charge < -0.3 is 34.2 Å². The molecule has 8 aromatic carbocycles. The number of nitrogens with zero attached hydrogens (tertiary/aromatic N) is 2. The Morgan fingerprint density at radius 3 is 1.35 bits per heavy atom. The van der Waals surface area contributed by atoms with E-state index in [4.69, 9.17) is 55.9 Å². The lowest BCUT2D eigenvalue weighted by Crippen LogP contribution is -2.48. The Kier molecular flexibility index (Phi) is 30.4. The van der Waals surface area contributed by atoms with Crippen LogP contribution >= 0.6 is 62.3 Å². The molecule has 95 heavy (non-hydrogen) atoms. The molecule has 0 aromatic heterocycles. The fourth-order valence-corrected chi connectivity index (χ4v) is 14.4. The smallest absolute Gasteiger partial charge is 0.319 e. The van der Waals surface area contributed by atoms with Crippen molar-refractivity contribution < 1.29 is 43.6 Å². The van der Waals surface area contributed by atoms with Gasteiger partial charge in [0.2, 0.25) is 0 Å². The van der Waals surface area contributed by atoms with Crippen molar-refractivity contribution in [3.63, 3.8) is 0 Å². The zero-order valence-corrected chi connectivity index (χ0v) is 57.9. The third-order valence-corrected chi connectivity index (χ3v) is 20.3. The van der Waals surface area contributed by atoms with Gasteiger partial charge in [-0.3, -0.25) is 19.2 Å². The highest BCUT2D eigenvalue weighted by Gasteiger charge is 2.46. The summed E-state index contributed by atoms with van der Waals surface area (Å²) in [6, 6.07) is 70.5. The van der Waals surface area contributed by atoms with Gasteiger partial charge in [0.1, 0.15) is 17.6 Å². The summed E-state index contributed by atoms with van der Waals surface area (Å²) in [6.45, 7) is -0.318. The van der Waals surface area contributed by atoms with Gasteiger partial charge in [-0.1, -0.05) is 258 Å². The molecule has 2 N–H and O–H groups in total. The number of aliphatic carboxylic acids is 1. The Morgan fingerprint density at radius 1 is 0.526 bits per heavy atom. The Hall–Kier alpha value is -6.84. The summed E-state index contributed by atoms with van der Waals surface area (Å²) >= 11 is 27.7. The van der Waals surface area contributed by atoms with Crippen molar-refractivity contribution in [1.82, 2.24) is 9.80 Å². The number of aliphatic hydroxyl groups is 1. The molecular weight excluding hydrogens is 1340 g/mol. The SMILES string of the molecule is C.CN1C2CCC1CC(OC(=O)C(CO)(Cc1cccc(Cl)c1)c1ccccc1)C2.CN1C2CCC1CC(OC(=O)C(Cc1ccccc1Cl)c1ccccc1)C2.COC(=O)Cc1ccccc1.Clc1ccccc1CBr.O=C(O)C(Cc1ccccc1Cl)c1ccccc1. The van der Waals surface area contributed by atoms with Crippen molar-refractivity contribution in [2.24, 2.45) is 0 Å². The number of piperidine rings is 2. The number of carboxylic acids is 1. The van der Waals surface area contributed by atoms with Gasteiger partial charge in [-0.05, 0) is 160 Å². The summed E-state index contributed by atoms with van der Waals surface area (Å²) < 4.78 is 16.6. The fourth-order valence-electron chi connectivity index (χ4n) is 12.9. The number of fused-ring (bicyclic) bond motifs is 4. The van der Waals surface area contributed by atoms with Crippen molar-refractivity contribution >= 4 is 86.2 Å². The molecule has 0 saturated carbocycles. The zero-order chi connectivity index (χ0) is 67.0. The molecule has 4 fully saturated rings. The number of ether oxygens (including phenoxy) is 3. The molecule has 502 valence electrons. The number of benzene rings is 8. The summed E-state index contributed by atoms with van der Waals surface area (Å²) in [6.07, 6.45) is 10.0. The topological polar surface area (TPSA) is 143 Å². The summed E-state index contributed by atoms with van der Waals surface area (Å²) in [5.74, 6) is -2.40. The Labute approximate surface area is 589 Å². The molecule has 0 radical (unpaired) electrons. The van der Waals surface area contributed by atoms with Crippen LogP contribution in [-0.4, -0.2) is 108 Å². The maximum absolute atomic E-state index is 13.5. The average molecular weight is 1430 g/mol. The number of methoxy groups -OCH3 is 1. The van der Waals surface area contributed by atoms with Crippen LogP contribution in [0, 0.1) is 0 Å². The molecule has 0 aliphatic carbocycles. The van der Waals surface area contributed by atoms with Gasteiger partial charge in [-0.25, -0.2) is 0 Å². The molecule has 7 atom stereocenters. The van der Waals surface area contributed by atoms with E-state index in [9.17, 15) is 29.4 Å². The first-order valence-corrected chi connectivity index (χ1v) is 34.6. The van der Waals surface area contributed by atoms with Gasteiger partial charge >= 0.3 is 23.9 Å². The second-order valence-electron chi connectivity index (χ2n) is 24.4. The Bertz CT molecular complexity index is 3640. The Balaban J connectivity index is 0.000000178. The van der Waals surface area contributed by atoms with Crippen molar-refractivity contribution in [2.45, 2.75) is 143 Å². The molecule has 16 heteroatoms. The minimum Gasteiger partial charge on any atom is -0.481 e. The van der Waals surface area contributed by atoms with Crippen LogP contribution in [0.2, 0.25) is 20.1 Å². The monoisotopic (exact) mass is 1430 g/mol. The number of hydrogen-bond acceptors (Lipinski definition) is 10. The number of rotatable bonds is 18. The van der Waals surface area contributed by atoms with Crippen molar-refractivity contribution in [1.29, 1.82) is 0 Å². The molecule has 12 rings (SSSR count). The highest BCUT2D eigenvalue weighted by molar-refractivity contribution is 9.08. The van der Waals surface area contributed by atoms with E-state index in [0.29, 0.717) is 64.9 Å². The van der Waals surface area contributed by atoms with Gasteiger partial charge in [0, 0.05) is 49.6 Å². The van der Waals surface area contributed by atoms with E-state index in [-0.39, 0.29) is 50.1 Å². The van der Waals surface area contributed by atoms with E-state index in [0.717, 1.165) is 80.5 Å². The van der Waals surface area contributed by atoms with E-state index in [2.05, 4.69) is 44.6 Å². The third-order valence-electron chi connectivity index (χ3n) is 18.3. The minimum absolute atomic E-state index is 0. The zero-order valence-electron chi connectivity index (χ0n) is 53.3. The van der Waals surface area contributed by atoms with Crippen LogP contribution in [-0.2, 0) is 69.8 Å². The maximum atomic E-state index is 13.5. The fraction of sp³-hybridized carbons (Fsp3) is 0.342. The van der Waals surface area contributed by atoms with E-state index >= 15 is 0 Å². The first-order valence-electron chi connectivity index (χ1n) is 31.9. The lowest BCUT2D eigenvalue weighted by atomic mass is 9.76. The quantitative estimate of drug-likeness (QED) is 0.0481. The number of halogens is 5. The largest absolute Gasteiger partial charge is 0.481 e. The molecule has 7 unspecified atom stereocenters. The van der Waals surface area contributed by atoms with Gasteiger partial charge in [0.05, 0.1) is 32.0 Å². The lowest BCUT2D eigenvalue weighted by Gasteiger charge is -2.38. The highest BCUT2D eigenvalue weighted by Crippen LogP contribution is 2.40. The number of hydrogen-bond donors (Lipinski definition) is 2. The molecule has 11 nitrogen and oxygen atoms in total. The van der Waals surface area contributed by atoms with Gasteiger partial charge in [-0.2, -0.15) is 0 Å². The molecule has 8 aromatic rings. The summed E-state index contributed by atoms with van der Waals surface area (Å²) in [4.78, 5) is 53.7. The lowest BCUT2D eigenvalue weighted by molar-refractivity contribution is -0.161. The number of carbonyl (C=O) groups excluding carboxylic acids is 3. The predicted molar refractivity (Wildman–Crippen MR) is 387 cm³/mol. The summed E-state index contributed by atoms with van der Waals surface area (Å²) in [7, 11) is 5.76. The minimum atomic E-state index is -1.14. The van der Waals surface area contributed by atoms with Crippen molar-refractivity contribution in [3.8, 4) is 0 Å². The number of alkyl halides is 1. The molecule has 0 spiro atoms. The molecular formula is C79H87BrCl4N2O9. The first-order chi connectivity index (χ1) is 45.5. The maximum Gasteiger partial charge on any atom is 0.319 e. The molecule has 4 aliphatic heterocycles. The summed E-state index contributed by atoms with van der Waals surface area (Å²) in [5.41, 5.74) is 6.26. The number of esters is 3. The Morgan fingerprint density at radius 2 is 0.926 bits per heavy atom. The van der Waals surface area contributed by atoms with E-state index < -0.39 is 17.3 Å². The van der Waals surface area contributed by atoms with Crippen molar-refractivity contribution in [2.75, 3.05) is 27.8 Å². The summed E-state index contributed by atoms with van der Waals surface area (Å²) in [5, 5.41) is 23.4. The molecule has 4 saturated heterocycles. The normalized spacial score (nSPS) is 19.6. The number of carboxylic acid groups (broad SMARTS) is 1. The van der Waals surface area contributed by atoms with Crippen LogP contribution in [0.4, 0.5) is 0 Å².